The highest BCUT2D eigenvalue weighted by atomic mass is 16.2. The van der Waals surface area contributed by atoms with Crippen molar-refractivity contribution >= 4 is 23.2 Å². The van der Waals surface area contributed by atoms with Crippen LogP contribution in [0.2, 0.25) is 0 Å². The summed E-state index contributed by atoms with van der Waals surface area (Å²) in [4.78, 5) is 30.6. The van der Waals surface area contributed by atoms with Crippen LogP contribution in [-0.2, 0) is 16.1 Å². The standard InChI is InChI=1S/C25H35N5O2/c1-3-13-26-24(31)19-28(2)20-25(32)27-22-9-11-23(12-10-22)30-16-14-29(15-17-30)18-21-7-5-4-6-8-21/h4-12H,3,13-20H2,1-2H3,(H,26,31)(H,27,32). The van der Waals surface area contributed by atoms with Crippen LogP contribution >= 0.6 is 0 Å². The van der Waals surface area contributed by atoms with E-state index in [2.05, 4.69) is 62.9 Å². The second-order valence-corrected chi connectivity index (χ2v) is 8.37. The first-order valence-electron chi connectivity index (χ1n) is 11.4. The molecule has 0 aromatic heterocycles. The Hall–Kier alpha value is -2.90. The van der Waals surface area contributed by atoms with E-state index in [1.165, 1.54) is 11.3 Å². The van der Waals surface area contributed by atoms with Crippen molar-refractivity contribution < 1.29 is 9.59 Å². The molecule has 0 saturated carbocycles. The minimum Gasteiger partial charge on any atom is -0.369 e. The number of benzene rings is 2. The largest absolute Gasteiger partial charge is 0.369 e. The van der Waals surface area contributed by atoms with Crippen molar-refractivity contribution in [2.24, 2.45) is 0 Å². The number of hydrogen-bond donors (Lipinski definition) is 2. The third kappa shape index (κ3) is 7.66. The summed E-state index contributed by atoms with van der Waals surface area (Å²) in [7, 11) is 1.77. The van der Waals surface area contributed by atoms with Crippen LogP contribution in [0.4, 0.5) is 11.4 Å². The van der Waals surface area contributed by atoms with Gasteiger partial charge in [0.1, 0.15) is 0 Å². The highest BCUT2D eigenvalue weighted by molar-refractivity contribution is 5.92. The molecular weight excluding hydrogens is 402 g/mol. The third-order valence-corrected chi connectivity index (χ3v) is 5.54. The molecule has 1 fully saturated rings. The zero-order valence-electron chi connectivity index (χ0n) is 19.2. The molecule has 1 saturated heterocycles. The average Bonchev–Trinajstić information content (AvgIpc) is 2.79. The van der Waals surface area contributed by atoms with E-state index in [9.17, 15) is 9.59 Å². The number of anilines is 2. The van der Waals surface area contributed by atoms with Crippen molar-refractivity contribution in [2.45, 2.75) is 19.9 Å². The van der Waals surface area contributed by atoms with Crippen molar-refractivity contribution in [2.75, 3.05) is 63.1 Å². The van der Waals surface area contributed by atoms with E-state index in [-0.39, 0.29) is 24.9 Å². The Bertz CT molecular complexity index is 848. The second-order valence-electron chi connectivity index (χ2n) is 8.37. The molecule has 1 heterocycles. The van der Waals surface area contributed by atoms with Crippen molar-refractivity contribution in [1.82, 2.24) is 15.1 Å². The van der Waals surface area contributed by atoms with Crippen LogP contribution in [0, 0.1) is 0 Å². The quantitative estimate of drug-likeness (QED) is 0.598. The van der Waals surface area contributed by atoms with Crippen molar-refractivity contribution in [3.8, 4) is 0 Å². The molecule has 2 N–H and O–H groups in total. The van der Waals surface area contributed by atoms with E-state index >= 15 is 0 Å². The van der Waals surface area contributed by atoms with Gasteiger partial charge in [-0.25, -0.2) is 0 Å². The van der Waals surface area contributed by atoms with E-state index in [0.717, 1.165) is 44.8 Å². The molecule has 0 spiro atoms. The lowest BCUT2D eigenvalue weighted by Gasteiger charge is -2.36. The van der Waals surface area contributed by atoms with Gasteiger partial charge in [-0.15, -0.1) is 0 Å². The van der Waals surface area contributed by atoms with Crippen LogP contribution in [0.25, 0.3) is 0 Å². The highest BCUT2D eigenvalue weighted by Gasteiger charge is 2.17. The Morgan fingerprint density at radius 1 is 0.906 bits per heavy atom. The highest BCUT2D eigenvalue weighted by Crippen LogP contribution is 2.20. The molecule has 0 radical (unpaired) electrons. The number of hydrogen-bond acceptors (Lipinski definition) is 5. The fraction of sp³-hybridized carbons (Fsp3) is 0.440. The van der Waals surface area contributed by atoms with E-state index in [4.69, 9.17) is 0 Å². The van der Waals surface area contributed by atoms with Gasteiger partial charge in [-0.2, -0.15) is 0 Å². The molecule has 7 heteroatoms. The molecule has 3 rings (SSSR count). The zero-order valence-corrected chi connectivity index (χ0v) is 19.2. The first-order chi connectivity index (χ1) is 15.5. The Morgan fingerprint density at radius 2 is 1.56 bits per heavy atom. The maximum atomic E-state index is 12.3. The predicted molar refractivity (Wildman–Crippen MR) is 130 cm³/mol. The fourth-order valence-corrected chi connectivity index (χ4v) is 3.83. The molecule has 7 nitrogen and oxygen atoms in total. The molecular formula is C25H35N5O2. The first kappa shape index (κ1) is 23.8. The van der Waals surface area contributed by atoms with Crippen LogP contribution in [0.3, 0.4) is 0 Å². The molecule has 2 aromatic carbocycles. The van der Waals surface area contributed by atoms with E-state index < -0.39 is 0 Å². The number of rotatable bonds is 10. The Labute approximate surface area is 191 Å². The number of nitrogens with zero attached hydrogens (tertiary/aromatic N) is 3. The number of carbonyl (C=O) groups excluding carboxylic acids is 2. The van der Waals surface area contributed by atoms with Crippen LogP contribution in [0.15, 0.2) is 54.6 Å². The monoisotopic (exact) mass is 437 g/mol. The van der Waals surface area contributed by atoms with Gasteiger partial charge in [0, 0.05) is 50.6 Å². The maximum Gasteiger partial charge on any atom is 0.238 e. The summed E-state index contributed by atoms with van der Waals surface area (Å²) in [6.45, 7) is 8.09. The first-order valence-corrected chi connectivity index (χ1v) is 11.4. The van der Waals surface area contributed by atoms with Gasteiger partial charge in [-0.3, -0.25) is 19.4 Å². The van der Waals surface area contributed by atoms with Gasteiger partial charge in [-0.1, -0.05) is 37.3 Å². The summed E-state index contributed by atoms with van der Waals surface area (Å²) < 4.78 is 0. The normalized spacial score (nSPS) is 14.4. The van der Waals surface area contributed by atoms with Gasteiger partial charge >= 0.3 is 0 Å². The van der Waals surface area contributed by atoms with E-state index in [1.54, 1.807) is 11.9 Å². The lowest BCUT2D eigenvalue weighted by molar-refractivity contribution is -0.122. The summed E-state index contributed by atoms with van der Waals surface area (Å²) in [6, 6.07) is 18.6. The Balaban J connectivity index is 1.41. The molecule has 1 aliphatic rings. The van der Waals surface area contributed by atoms with E-state index in [1.807, 2.05) is 19.1 Å². The van der Waals surface area contributed by atoms with Crippen molar-refractivity contribution in [1.29, 1.82) is 0 Å². The summed E-state index contributed by atoms with van der Waals surface area (Å²) in [5.41, 5.74) is 3.30. The topological polar surface area (TPSA) is 67.9 Å². The predicted octanol–water partition coefficient (Wildman–Crippen LogP) is 2.41. The van der Waals surface area contributed by atoms with Gasteiger partial charge in [0.15, 0.2) is 0 Å². The molecule has 2 amide bonds. The SMILES string of the molecule is CCCNC(=O)CN(C)CC(=O)Nc1ccc(N2CCN(Cc3ccccc3)CC2)cc1. The third-order valence-electron chi connectivity index (χ3n) is 5.54. The number of piperazine rings is 1. The summed E-state index contributed by atoms with van der Waals surface area (Å²) in [6.07, 6.45) is 0.898. The van der Waals surface area contributed by atoms with Crippen LogP contribution in [-0.4, -0.2) is 74.5 Å². The smallest absolute Gasteiger partial charge is 0.238 e. The van der Waals surface area contributed by atoms with E-state index in [0.29, 0.717) is 6.54 Å². The van der Waals surface area contributed by atoms with Gasteiger partial charge in [0.05, 0.1) is 13.1 Å². The molecule has 0 atom stereocenters. The van der Waals surface area contributed by atoms with Crippen LogP contribution in [0.1, 0.15) is 18.9 Å². The van der Waals surface area contributed by atoms with Gasteiger partial charge in [0.25, 0.3) is 0 Å². The molecule has 32 heavy (non-hydrogen) atoms. The minimum atomic E-state index is -0.127. The lowest BCUT2D eigenvalue weighted by Crippen LogP contribution is -2.45. The Morgan fingerprint density at radius 3 is 2.22 bits per heavy atom. The fourth-order valence-electron chi connectivity index (χ4n) is 3.83. The van der Waals surface area contributed by atoms with Crippen LogP contribution < -0.4 is 15.5 Å². The molecule has 1 aliphatic heterocycles. The molecule has 0 bridgehead atoms. The van der Waals surface area contributed by atoms with Crippen LogP contribution in [0.5, 0.6) is 0 Å². The number of carbonyl (C=O) groups is 2. The number of likely N-dealkylation sites (N-methyl/N-ethyl adjacent to an activating group) is 1. The van der Waals surface area contributed by atoms with Gasteiger partial charge < -0.3 is 15.5 Å². The number of amides is 2. The average molecular weight is 438 g/mol. The summed E-state index contributed by atoms with van der Waals surface area (Å²) >= 11 is 0. The van der Waals surface area contributed by atoms with Gasteiger partial charge in [-0.05, 0) is 43.3 Å². The summed E-state index contributed by atoms with van der Waals surface area (Å²) in [5.74, 6) is -0.187. The number of nitrogens with one attached hydrogen (secondary N) is 2. The summed E-state index contributed by atoms with van der Waals surface area (Å²) in [5, 5.41) is 5.73. The minimum absolute atomic E-state index is 0.0598. The molecule has 0 unspecified atom stereocenters. The van der Waals surface area contributed by atoms with Crippen molar-refractivity contribution in [3.05, 3.63) is 60.2 Å². The zero-order chi connectivity index (χ0) is 22.8. The van der Waals surface area contributed by atoms with Crippen molar-refractivity contribution in [3.63, 3.8) is 0 Å². The second kappa shape index (κ2) is 12.2. The Kier molecular flexibility index (Phi) is 9.07. The molecule has 0 aliphatic carbocycles. The van der Waals surface area contributed by atoms with Gasteiger partial charge in [0.2, 0.25) is 11.8 Å². The lowest BCUT2D eigenvalue weighted by atomic mass is 10.2. The maximum absolute atomic E-state index is 12.3. The molecule has 172 valence electrons. The molecule has 2 aromatic rings.